The highest BCUT2D eigenvalue weighted by Crippen LogP contribution is 2.24. The Morgan fingerprint density at radius 3 is 2.54 bits per heavy atom. The number of nitrogens with one attached hydrogen (secondary N) is 1. The smallest absolute Gasteiger partial charge is 0.193 e. The van der Waals surface area contributed by atoms with Crippen molar-refractivity contribution in [3.8, 4) is 0 Å². The lowest BCUT2D eigenvalue weighted by molar-refractivity contribution is -0.0817. The number of morpholine rings is 1. The summed E-state index contributed by atoms with van der Waals surface area (Å²) in [5.41, 5.74) is 0.268. The molecule has 142 valence electrons. The van der Waals surface area contributed by atoms with Crippen LogP contribution in [-0.4, -0.2) is 63.0 Å². The van der Waals surface area contributed by atoms with Gasteiger partial charge in [0.1, 0.15) is 6.10 Å². The van der Waals surface area contributed by atoms with E-state index in [1.54, 1.807) is 0 Å². The third kappa shape index (κ3) is 6.67. The fourth-order valence-corrected chi connectivity index (χ4v) is 3.82. The number of hydrogen-bond acceptors (Lipinski definition) is 3. The molecule has 5 nitrogen and oxygen atoms in total. The molecule has 1 N–H and O–H groups in total. The first kappa shape index (κ1) is 22.0. The zero-order chi connectivity index (χ0) is 16.9. The number of nitrogens with zero attached hydrogens (tertiary/aromatic N) is 2. The topological polar surface area (TPSA) is 46.1 Å². The second kappa shape index (κ2) is 10.2. The molecule has 2 saturated heterocycles. The minimum Gasteiger partial charge on any atom is -0.375 e. The number of halogens is 1. The first-order chi connectivity index (χ1) is 10.9. The largest absolute Gasteiger partial charge is 0.375 e. The quantitative estimate of drug-likeness (QED) is 0.395. The van der Waals surface area contributed by atoms with E-state index in [1.807, 2.05) is 7.05 Å². The average molecular weight is 453 g/mol. The van der Waals surface area contributed by atoms with Crippen LogP contribution in [0, 0.1) is 11.3 Å². The molecule has 0 aromatic rings. The van der Waals surface area contributed by atoms with Gasteiger partial charge in [-0.25, -0.2) is 0 Å². The van der Waals surface area contributed by atoms with Gasteiger partial charge in [0, 0.05) is 33.3 Å². The third-order valence-corrected chi connectivity index (χ3v) is 4.67. The van der Waals surface area contributed by atoms with E-state index in [2.05, 4.69) is 42.9 Å². The van der Waals surface area contributed by atoms with Crippen molar-refractivity contribution in [1.82, 2.24) is 10.2 Å². The van der Waals surface area contributed by atoms with Gasteiger partial charge in [0.05, 0.1) is 12.7 Å². The van der Waals surface area contributed by atoms with Crippen molar-refractivity contribution in [2.75, 3.05) is 39.9 Å². The van der Waals surface area contributed by atoms with Gasteiger partial charge in [-0.15, -0.1) is 24.0 Å². The molecule has 0 amide bonds. The summed E-state index contributed by atoms with van der Waals surface area (Å²) in [6.45, 7) is 13.5. The first-order valence-electron chi connectivity index (χ1n) is 9.10. The highest BCUT2D eigenvalue weighted by atomic mass is 127. The summed E-state index contributed by atoms with van der Waals surface area (Å²) in [7, 11) is 1.87. The Hall–Kier alpha value is -0.0800. The molecular weight excluding hydrogens is 417 g/mol. The number of guanidine groups is 1. The molecule has 0 bridgehead atoms. The molecule has 0 aromatic carbocycles. The van der Waals surface area contributed by atoms with Gasteiger partial charge in [-0.1, -0.05) is 27.7 Å². The molecule has 0 spiro atoms. The number of hydrogen-bond donors (Lipinski definition) is 1. The fraction of sp³-hybridized carbons (Fsp3) is 0.944. The summed E-state index contributed by atoms with van der Waals surface area (Å²) in [4.78, 5) is 6.81. The summed E-state index contributed by atoms with van der Waals surface area (Å²) in [5, 5.41) is 3.58. The van der Waals surface area contributed by atoms with E-state index < -0.39 is 0 Å². The van der Waals surface area contributed by atoms with Crippen molar-refractivity contribution in [2.45, 2.75) is 59.2 Å². The predicted molar refractivity (Wildman–Crippen MR) is 110 cm³/mol. The molecular formula is C18H36IN3O2. The van der Waals surface area contributed by atoms with Crippen LogP contribution in [0.15, 0.2) is 4.99 Å². The van der Waals surface area contributed by atoms with Crippen molar-refractivity contribution in [3.63, 3.8) is 0 Å². The van der Waals surface area contributed by atoms with E-state index in [4.69, 9.17) is 9.47 Å². The molecule has 2 fully saturated rings. The Morgan fingerprint density at radius 2 is 1.96 bits per heavy atom. The van der Waals surface area contributed by atoms with Crippen LogP contribution in [0.2, 0.25) is 0 Å². The maximum absolute atomic E-state index is 5.94. The third-order valence-electron chi connectivity index (χ3n) is 4.67. The Bertz CT molecular complexity index is 396. The minimum absolute atomic E-state index is 0. The lowest BCUT2D eigenvalue weighted by Gasteiger charge is -2.38. The maximum atomic E-state index is 5.94. The van der Waals surface area contributed by atoms with E-state index in [0.29, 0.717) is 5.92 Å². The molecule has 0 saturated carbocycles. The van der Waals surface area contributed by atoms with Crippen molar-refractivity contribution in [1.29, 1.82) is 0 Å². The molecule has 0 aromatic heterocycles. The lowest BCUT2D eigenvalue weighted by Crippen LogP contribution is -2.54. The molecule has 24 heavy (non-hydrogen) atoms. The monoisotopic (exact) mass is 453 g/mol. The van der Waals surface area contributed by atoms with Gasteiger partial charge >= 0.3 is 0 Å². The van der Waals surface area contributed by atoms with Gasteiger partial charge in [0.15, 0.2) is 5.96 Å². The molecule has 6 heteroatoms. The Balaban J connectivity index is 0.00000288. The second-order valence-electron chi connectivity index (χ2n) is 8.07. The molecule has 2 aliphatic rings. The molecule has 2 atom stereocenters. The second-order valence-corrected chi connectivity index (χ2v) is 8.07. The summed E-state index contributed by atoms with van der Waals surface area (Å²) >= 11 is 0. The van der Waals surface area contributed by atoms with Crippen LogP contribution in [0.4, 0.5) is 0 Å². The molecule has 2 rings (SSSR count). The lowest BCUT2D eigenvalue weighted by atomic mass is 9.84. The Morgan fingerprint density at radius 1 is 1.25 bits per heavy atom. The SMILES string of the molecule is CN=C(NCC(C)(C)CC(C)C)N1CCOC(C2CCCO2)C1.I. The van der Waals surface area contributed by atoms with Gasteiger partial charge in [-0.2, -0.15) is 0 Å². The van der Waals surface area contributed by atoms with Crippen LogP contribution in [-0.2, 0) is 9.47 Å². The summed E-state index contributed by atoms with van der Waals surface area (Å²) in [6, 6.07) is 0. The average Bonchev–Trinajstić information content (AvgIpc) is 3.01. The van der Waals surface area contributed by atoms with Crippen LogP contribution in [0.5, 0.6) is 0 Å². The first-order valence-corrected chi connectivity index (χ1v) is 9.10. The highest BCUT2D eigenvalue weighted by molar-refractivity contribution is 14.0. The van der Waals surface area contributed by atoms with Crippen LogP contribution in [0.3, 0.4) is 0 Å². The normalized spacial score (nSPS) is 25.8. The minimum atomic E-state index is 0. The van der Waals surface area contributed by atoms with Gasteiger partial charge < -0.3 is 19.7 Å². The maximum Gasteiger partial charge on any atom is 0.193 e. The molecule has 0 aliphatic carbocycles. The van der Waals surface area contributed by atoms with Crippen LogP contribution in [0.1, 0.15) is 47.0 Å². The van der Waals surface area contributed by atoms with Gasteiger partial charge in [0.25, 0.3) is 0 Å². The molecule has 2 heterocycles. The standard InChI is InChI=1S/C18H35N3O2.HI/c1-14(2)11-18(3,4)13-20-17(19-5)21-8-10-23-16(12-21)15-7-6-9-22-15;/h14-16H,6-13H2,1-5H3,(H,19,20);1H. The van der Waals surface area contributed by atoms with Crippen LogP contribution in [0.25, 0.3) is 0 Å². The summed E-state index contributed by atoms with van der Waals surface area (Å²) < 4.78 is 11.7. The summed E-state index contributed by atoms with van der Waals surface area (Å²) in [6.07, 6.45) is 3.91. The Kier molecular flexibility index (Phi) is 9.30. The van der Waals surface area contributed by atoms with Crippen molar-refractivity contribution in [2.24, 2.45) is 16.3 Å². The van der Waals surface area contributed by atoms with E-state index in [9.17, 15) is 0 Å². The fourth-order valence-electron chi connectivity index (χ4n) is 3.82. The molecule has 2 aliphatic heterocycles. The zero-order valence-corrected chi connectivity index (χ0v) is 18.3. The van der Waals surface area contributed by atoms with E-state index >= 15 is 0 Å². The van der Waals surface area contributed by atoms with Crippen LogP contribution >= 0.6 is 24.0 Å². The van der Waals surface area contributed by atoms with Crippen LogP contribution < -0.4 is 5.32 Å². The van der Waals surface area contributed by atoms with Crippen molar-refractivity contribution < 1.29 is 9.47 Å². The highest BCUT2D eigenvalue weighted by Gasteiger charge is 2.32. The summed E-state index contributed by atoms with van der Waals surface area (Å²) in [5.74, 6) is 1.70. The van der Waals surface area contributed by atoms with Gasteiger partial charge in [-0.3, -0.25) is 4.99 Å². The van der Waals surface area contributed by atoms with Gasteiger partial charge in [0.2, 0.25) is 0 Å². The number of rotatable bonds is 5. The van der Waals surface area contributed by atoms with E-state index in [0.717, 1.165) is 51.6 Å². The Labute approximate surface area is 165 Å². The zero-order valence-electron chi connectivity index (χ0n) is 16.0. The van der Waals surface area contributed by atoms with Gasteiger partial charge in [-0.05, 0) is 30.6 Å². The van der Waals surface area contributed by atoms with Crippen molar-refractivity contribution in [3.05, 3.63) is 0 Å². The predicted octanol–water partition coefficient (Wildman–Crippen LogP) is 3.13. The van der Waals surface area contributed by atoms with E-state index in [1.165, 1.54) is 6.42 Å². The number of aliphatic imine (C=N–C) groups is 1. The van der Waals surface area contributed by atoms with E-state index in [-0.39, 0.29) is 41.6 Å². The van der Waals surface area contributed by atoms with Crippen molar-refractivity contribution >= 4 is 29.9 Å². The molecule has 2 unspecified atom stereocenters. The molecule has 0 radical (unpaired) electrons. The number of ether oxygens (including phenoxy) is 2.